The summed E-state index contributed by atoms with van der Waals surface area (Å²) in [5, 5.41) is 0.716. The molecule has 0 radical (unpaired) electrons. The number of hydrogen-bond acceptors (Lipinski definition) is 3. The number of likely N-dealkylation sites (tertiary alicyclic amines) is 1. The number of benzene rings is 1. The van der Waals surface area contributed by atoms with Crippen LogP contribution in [0.25, 0.3) is 16.5 Å². The highest BCUT2D eigenvalue weighted by molar-refractivity contribution is 7.16. The molecule has 0 aliphatic carbocycles. The molecular weight excluding hydrogens is 356 g/mol. The van der Waals surface area contributed by atoms with Gasteiger partial charge in [-0.1, -0.05) is 29.8 Å². The zero-order chi connectivity index (χ0) is 17.8. The highest BCUT2D eigenvalue weighted by Crippen LogP contribution is 2.33. The Morgan fingerprint density at radius 3 is 2.56 bits per heavy atom. The number of amides is 2. The van der Waals surface area contributed by atoms with Crippen molar-refractivity contribution in [2.24, 2.45) is 11.7 Å². The van der Waals surface area contributed by atoms with Crippen LogP contribution in [0.4, 0.5) is 0 Å². The van der Waals surface area contributed by atoms with E-state index in [0.717, 1.165) is 15.3 Å². The highest BCUT2D eigenvalue weighted by atomic mass is 35.5. The molecule has 2 N–H and O–H groups in total. The van der Waals surface area contributed by atoms with Crippen LogP contribution in [0.5, 0.6) is 0 Å². The van der Waals surface area contributed by atoms with E-state index in [9.17, 15) is 9.59 Å². The molecule has 0 atom stereocenters. The van der Waals surface area contributed by atoms with Gasteiger partial charge in [0, 0.05) is 45.4 Å². The molecule has 4 nitrogen and oxygen atoms in total. The Morgan fingerprint density at radius 1 is 1.16 bits per heavy atom. The molecule has 1 aromatic carbocycles. The van der Waals surface area contributed by atoms with Crippen LogP contribution in [-0.4, -0.2) is 29.8 Å². The smallest absolute Gasteiger partial charge is 0.246 e. The molecule has 0 bridgehead atoms. The predicted octanol–water partition coefficient (Wildman–Crippen LogP) is 3.81. The summed E-state index contributed by atoms with van der Waals surface area (Å²) in [5.74, 6) is -0.410. The number of hydrogen-bond donors (Lipinski definition) is 1. The maximum absolute atomic E-state index is 12.3. The average molecular weight is 375 g/mol. The minimum atomic E-state index is -0.270. The lowest BCUT2D eigenvalue weighted by Crippen LogP contribution is -2.41. The van der Waals surface area contributed by atoms with E-state index in [1.54, 1.807) is 22.3 Å². The topological polar surface area (TPSA) is 63.4 Å². The lowest BCUT2D eigenvalue weighted by Gasteiger charge is -2.29. The van der Waals surface area contributed by atoms with E-state index in [4.69, 9.17) is 17.3 Å². The quantitative estimate of drug-likeness (QED) is 0.827. The van der Waals surface area contributed by atoms with E-state index in [2.05, 4.69) is 0 Å². The van der Waals surface area contributed by atoms with Crippen LogP contribution in [-0.2, 0) is 9.59 Å². The number of primary amides is 1. The van der Waals surface area contributed by atoms with Gasteiger partial charge in [0.15, 0.2) is 0 Å². The van der Waals surface area contributed by atoms with Gasteiger partial charge < -0.3 is 10.6 Å². The van der Waals surface area contributed by atoms with E-state index >= 15 is 0 Å². The van der Waals surface area contributed by atoms with Gasteiger partial charge >= 0.3 is 0 Å². The van der Waals surface area contributed by atoms with Crippen LogP contribution in [0.3, 0.4) is 0 Å². The third-order valence-electron chi connectivity index (χ3n) is 4.37. The molecule has 2 aromatic rings. The normalized spacial score (nSPS) is 15.6. The first-order valence-corrected chi connectivity index (χ1v) is 9.35. The number of halogens is 1. The zero-order valence-corrected chi connectivity index (χ0v) is 15.2. The maximum atomic E-state index is 12.3. The molecule has 1 aromatic heterocycles. The second-order valence-electron chi connectivity index (χ2n) is 6.02. The standard InChI is InChI=1S/C19H19ClN2O2S/c20-16-4-2-1-3-15(16)17-7-5-14(25-17)6-8-18(23)22-11-9-13(10-12-22)19(21)24/h1-8,13H,9-12H2,(H2,21,24)/b8-6+. The van der Waals surface area contributed by atoms with E-state index in [1.807, 2.05) is 42.5 Å². The summed E-state index contributed by atoms with van der Waals surface area (Å²) in [4.78, 5) is 27.3. The number of carbonyl (C=O) groups excluding carboxylic acids is 2. The van der Waals surface area contributed by atoms with Crippen LogP contribution in [0.15, 0.2) is 42.5 Å². The summed E-state index contributed by atoms with van der Waals surface area (Å²) in [6.45, 7) is 1.15. The first-order valence-electron chi connectivity index (χ1n) is 8.15. The lowest BCUT2D eigenvalue weighted by molar-refractivity contribution is -0.130. The Bertz CT molecular complexity index is 807. The van der Waals surface area contributed by atoms with Crippen molar-refractivity contribution < 1.29 is 9.59 Å². The number of carbonyl (C=O) groups is 2. The Morgan fingerprint density at radius 2 is 1.88 bits per heavy atom. The van der Waals surface area contributed by atoms with Crippen molar-refractivity contribution in [1.82, 2.24) is 4.90 Å². The molecule has 25 heavy (non-hydrogen) atoms. The Hall–Kier alpha value is -2.11. The molecule has 6 heteroatoms. The van der Waals surface area contributed by atoms with Gasteiger partial charge in [-0.3, -0.25) is 9.59 Å². The predicted molar refractivity (Wildman–Crippen MR) is 102 cm³/mol. The van der Waals surface area contributed by atoms with E-state index < -0.39 is 0 Å². The second-order valence-corrected chi connectivity index (χ2v) is 7.54. The van der Waals surface area contributed by atoms with Gasteiger partial charge in [0.05, 0.1) is 0 Å². The summed E-state index contributed by atoms with van der Waals surface area (Å²) in [7, 11) is 0. The van der Waals surface area contributed by atoms with Crippen molar-refractivity contribution in [3.8, 4) is 10.4 Å². The molecule has 1 fully saturated rings. The molecule has 0 spiro atoms. The molecule has 3 rings (SSSR count). The van der Waals surface area contributed by atoms with Gasteiger partial charge in [0.1, 0.15) is 0 Å². The minimum Gasteiger partial charge on any atom is -0.369 e. The minimum absolute atomic E-state index is 0.0318. The average Bonchev–Trinajstić information content (AvgIpc) is 3.09. The Kier molecular flexibility index (Phi) is 5.56. The van der Waals surface area contributed by atoms with Crippen LogP contribution in [0.2, 0.25) is 5.02 Å². The molecule has 2 amide bonds. The van der Waals surface area contributed by atoms with E-state index in [0.29, 0.717) is 31.0 Å². The van der Waals surface area contributed by atoms with Gasteiger partial charge in [-0.2, -0.15) is 0 Å². The molecule has 0 unspecified atom stereocenters. The summed E-state index contributed by atoms with van der Waals surface area (Å²) >= 11 is 7.82. The van der Waals surface area contributed by atoms with Crippen molar-refractivity contribution >= 4 is 40.8 Å². The van der Waals surface area contributed by atoms with Crippen LogP contribution >= 0.6 is 22.9 Å². The Balaban J connectivity index is 1.62. The molecule has 1 aliphatic heterocycles. The van der Waals surface area contributed by atoms with Crippen LogP contribution in [0, 0.1) is 5.92 Å². The molecule has 1 aliphatic rings. The van der Waals surface area contributed by atoms with Crippen molar-refractivity contribution in [2.45, 2.75) is 12.8 Å². The summed E-state index contributed by atoms with van der Waals surface area (Å²) in [6, 6.07) is 11.7. The molecule has 130 valence electrons. The largest absolute Gasteiger partial charge is 0.369 e. The van der Waals surface area contributed by atoms with Gasteiger partial charge in [0.2, 0.25) is 11.8 Å². The number of thiophene rings is 1. The third-order valence-corrected chi connectivity index (χ3v) is 5.78. The maximum Gasteiger partial charge on any atom is 0.246 e. The summed E-state index contributed by atoms with van der Waals surface area (Å²) in [5.41, 5.74) is 6.31. The van der Waals surface area contributed by atoms with Crippen LogP contribution in [0.1, 0.15) is 17.7 Å². The zero-order valence-electron chi connectivity index (χ0n) is 13.7. The van der Waals surface area contributed by atoms with Gasteiger partial charge in [0.25, 0.3) is 0 Å². The van der Waals surface area contributed by atoms with E-state index in [-0.39, 0.29) is 17.7 Å². The first-order chi connectivity index (χ1) is 12.0. The SMILES string of the molecule is NC(=O)C1CCN(C(=O)/C=C/c2ccc(-c3ccccc3Cl)s2)CC1. The lowest BCUT2D eigenvalue weighted by atomic mass is 9.96. The molecule has 1 saturated heterocycles. The van der Waals surface area contributed by atoms with Crippen molar-refractivity contribution in [1.29, 1.82) is 0 Å². The van der Waals surface area contributed by atoms with Gasteiger partial charge in [-0.15, -0.1) is 11.3 Å². The van der Waals surface area contributed by atoms with Crippen molar-refractivity contribution in [2.75, 3.05) is 13.1 Å². The monoisotopic (exact) mass is 374 g/mol. The number of nitrogens with zero attached hydrogens (tertiary/aromatic N) is 1. The Labute approximate surface area is 155 Å². The molecular formula is C19H19ClN2O2S. The number of rotatable bonds is 4. The fourth-order valence-corrected chi connectivity index (χ4v) is 4.14. The number of nitrogens with two attached hydrogens (primary N) is 1. The van der Waals surface area contributed by atoms with Crippen molar-refractivity contribution in [3.63, 3.8) is 0 Å². The first kappa shape index (κ1) is 17.7. The third kappa shape index (κ3) is 4.30. The van der Waals surface area contributed by atoms with Gasteiger partial charge in [-0.05, 0) is 37.1 Å². The van der Waals surface area contributed by atoms with Crippen LogP contribution < -0.4 is 5.73 Å². The fraction of sp³-hybridized carbons (Fsp3) is 0.263. The second kappa shape index (κ2) is 7.85. The highest BCUT2D eigenvalue weighted by Gasteiger charge is 2.24. The fourth-order valence-electron chi connectivity index (χ4n) is 2.89. The molecule has 2 heterocycles. The van der Waals surface area contributed by atoms with E-state index in [1.165, 1.54) is 0 Å². The summed E-state index contributed by atoms with van der Waals surface area (Å²) < 4.78 is 0. The summed E-state index contributed by atoms with van der Waals surface area (Å²) in [6.07, 6.45) is 4.70. The number of piperidine rings is 1. The van der Waals surface area contributed by atoms with Gasteiger partial charge in [-0.25, -0.2) is 0 Å². The van der Waals surface area contributed by atoms with Crippen molar-refractivity contribution in [3.05, 3.63) is 52.4 Å². The molecule has 0 saturated carbocycles.